The molecule has 0 aromatic heterocycles. The van der Waals surface area contributed by atoms with Gasteiger partial charge in [-0.15, -0.1) is 0 Å². The summed E-state index contributed by atoms with van der Waals surface area (Å²) in [4.78, 5) is 9.64. The number of hydrogen-bond donors (Lipinski definition) is 0. The first kappa shape index (κ1) is 6.95. The van der Waals surface area contributed by atoms with Gasteiger partial charge in [0.2, 0.25) is 0 Å². The predicted molar refractivity (Wildman–Crippen MR) is 30.1 cm³/mol. The molecule has 0 fully saturated rings. The van der Waals surface area contributed by atoms with Crippen molar-refractivity contribution in [1.29, 1.82) is 0 Å². The van der Waals surface area contributed by atoms with Gasteiger partial charge < -0.3 is 11.3 Å². The lowest BCUT2D eigenvalue weighted by Crippen LogP contribution is -2.18. The van der Waals surface area contributed by atoms with Crippen LogP contribution < -0.4 is 5.11 Å². The van der Waals surface area contributed by atoms with Gasteiger partial charge in [0.15, 0.2) is 0 Å². The smallest absolute Gasteiger partial charge is 0.0642 e. The van der Waals surface area contributed by atoms with Crippen molar-refractivity contribution in [3.05, 3.63) is 24.3 Å². The standard InChI is InChI=1S/C6H8O2.H/c1-2-3-4-5-6(7)8;/h2-5H,1H3,(H,7,8);/q;-1/p-1/b3-2+,5-4+;. The van der Waals surface area contributed by atoms with E-state index in [2.05, 4.69) is 0 Å². The molecule has 0 radical (unpaired) electrons. The minimum absolute atomic E-state index is 0. The SMILES string of the molecule is C/C=C/C=C/C(=O)[O-].[H-]. The Morgan fingerprint density at radius 1 is 1.62 bits per heavy atom. The lowest BCUT2D eigenvalue weighted by Gasteiger charge is -1.84. The summed E-state index contributed by atoms with van der Waals surface area (Å²) in [6.45, 7) is 1.81. The van der Waals surface area contributed by atoms with E-state index in [1.165, 1.54) is 6.08 Å². The molecule has 2 heteroatoms. The molecular weight excluding hydrogens is 104 g/mol. The molecule has 8 heavy (non-hydrogen) atoms. The van der Waals surface area contributed by atoms with Gasteiger partial charge in [-0.1, -0.05) is 18.2 Å². The maximum absolute atomic E-state index is 9.64. The third-order valence-electron chi connectivity index (χ3n) is 0.536. The Morgan fingerprint density at radius 3 is 2.62 bits per heavy atom. The molecule has 0 saturated heterocycles. The van der Waals surface area contributed by atoms with Gasteiger partial charge in [0.1, 0.15) is 0 Å². The average Bonchev–Trinajstić information content (AvgIpc) is 1.66. The molecule has 0 aromatic rings. The highest BCUT2D eigenvalue weighted by molar-refractivity contribution is 5.77. The molecule has 0 N–H and O–H groups in total. The van der Waals surface area contributed by atoms with Gasteiger partial charge >= 0.3 is 0 Å². The van der Waals surface area contributed by atoms with Gasteiger partial charge in [-0.3, -0.25) is 0 Å². The summed E-state index contributed by atoms with van der Waals surface area (Å²) < 4.78 is 0. The Hall–Kier alpha value is -1.05. The Labute approximate surface area is 49.6 Å². The number of hydrogen-bond acceptors (Lipinski definition) is 2. The monoisotopic (exact) mass is 112 g/mol. The molecule has 46 valence electrons. The second kappa shape index (κ2) is 4.12. The molecule has 0 aliphatic heterocycles. The first-order valence-electron chi connectivity index (χ1n) is 2.27. The summed E-state index contributed by atoms with van der Waals surface area (Å²) in [7, 11) is 0. The number of carboxylic acid groups (broad SMARTS) is 1. The number of aliphatic carboxylic acids is 1. The molecule has 0 aromatic carbocycles. The highest BCUT2D eigenvalue weighted by atomic mass is 16.4. The first-order valence-corrected chi connectivity index (χ1v) is 2.27. The summed E-state index contributed by atoms with van der Waals surface area (Å²) in [5, 5.41) is 9.64. The van der Waals surface area contributed by atoms with Crippen molar-refractivity contribution in [1.82, 2.24) is 0 Å². The van der Waals surface area contributed by atoms with Crippen LogP contribution in [-0.2, 0) is 4.79 Å². The van der Waals surface area contributed by atoms with Crippen LogP contribution in [0.5, 0.6) is 0 Å². The highest BCUT2D eigenvalue weighted by Gasteiger charge is 1.64. The fraction of sp³-hybridized carbons (Fsp3) is 0.167. The van der Waals surface area contributed by atoms with E-state index in [1.807, 2.05) is 0 Å². The van der Waals surface area contributed by atoms with Gasteiger partial charge in [-0.25, -0.2) is 0 Å². The van der Waals surface area contributed by atoms with Crippen LogP contribution in [0.1, 0.15) is 8.35 Å². The second-order valence-corrected chi connectivity index (χ2v) is 1.20. The minimum Gasteiger partial charge on any atom is -1.00 e. The maximum Gasteiger partial charge on any atom is 0.0642 e. The van der Waals surface area contributed by atoms with Gasteiger partial charge in [0.25, 0.3) is 0 Å². The molecule has 2 nitrogen and oxygen atoms in total. The molecule has 0 saturated carbocycles. The van der Waals surface area contributed by atoms with E-state index in [0.717, 1.165) is 6.08 Å². The van der Waals surface area contributed by atoms with Crippen LogP contribution in [0.2, 0.25) is 0 Å². The number of allylic oxidation sites excluding steroid dienone is 3. The van der Waals surface area contributed by atoms with Gasteiger partial charge in [0.05, 0.1) is 5.97 Å². The largest absolute Gasteiger partial charge is 1.00 e. The molecule has 0 spiro atoms. The Balaban J connectivity index is 0. The quantitative estimate of drug-likeness (QED) is 0.372. The van der Waals surface area contributed by atoms with Crippen molar-refractivity contribution in [2.45, 2.75) is 6.92 Å². The van der Waals surface area contributed by atoms with Crippen LogP contribution in [0.4, 0.5) is 0 Å². The third kappa shape index (κ3) is 4.95. The molecule has 0 atom stereocenters. The number of carboxylic acids is 1. The van der Waals surface area contributed by atoms with Crippen molar-refractivity contribution in [2.24, 2.45) is 0 Å². The zero-order chi connectivity index (χ0) is 6.41. The van der Waals surface area contributed by atoms with E-state index < -0.39 is 5.97 Å². The molecule has 0 aliphatic rings. The van der Waals surface area contributed by atoms with Crippen molar-refractivity contribution in [3.8, 4) is 0 Å². The van der Waals surface area contributed by atoms with E-state index in [1.54, 1.807) is 19.1 Å². The summed E-state index contributed by atoms with van der Waals surface area (Å²) in [6, 6.07) is 0. The molecule has 0 aliphatic carbocycles. The molecule has 0 heterocycles. The fourth-order valence-electron chi connectivity index (χ4n) is 0.245. The van der Waals surface area contributed by atoms with Crippen molar-refractivity contribution >= 4 is 5.97 Å². The Bertz CT molecular complexity index is 127. The van der Waals surface area contributed by atoms with Crippen LogP contribution in [0.3, 0.4) is 0 Å². The first-order chi connectivity index (χ1) is 3.77. The normalized spacial score (nSPS) is 11.1. The van der Waals surface area contributed by atoms with Gasteiger partial charge in [0, 0.05) is 0 Å². The molecular formula is C6H8O2-2. The maximum atomic E-state index is 9.64. The average molecular weight is 112 g/mol. The molecule has 0 amide bonds. The highest BCUT2D eigenvalue weighted by Crippen LogP contribution is 1.72. The number of rotatable bonds is 2. The summed E-state index contributed by atoms with van der Waals surface area (Å²) in [6.07, 6.45) is 5.74. The fourth-order valence-corrected chi connectivity index (χ4v) is 0.245. The molecule has 0 bridgehead atoms. The van der Waals surface area contributed by atoms with Crippen LogP contribution in [0.15, 0.2) is 24.3 Å². The summed E-state index contributed by atoms with van der Waals surface area (Å²) in [5.74, 6) is -1.16. The van der Waals surface area contributed by atoms with E-state index in [-0.39, 0.29) is 1.43 Å². The summed E-state index contributed by atoms with van der Waals surface area (Å²) >= 11 is 0. The van der Waals surface area contributed by atoms with Crippen LogP contribution >= 0.6 is 0 Å². The topological polar surface area (TPSA) is 40.1 Å². The van der Waals surface area contributed by atoms with Gasteiger partial charge in [-0.2, -0.15) is 0 Å². The van der Waals surface area contributed by atoms with E-state index in [0.29, 0.717) is 0 Å². The minimum atomic E-state index is -1.16. The Kier molecular flexibility index (Phi) is 3.58. The lowest BCUT2D eigenvalue weighted by molar-refractivity contribution is -0.297. The van der Waals surface area contributed by atoms with Crippen molar-refractivity contribution in [2.75, 3.05) is 0 Å². The predicted octanol–water partition coefficient (Wildman–Crippen LogP) is -0.0189. The van der Waals surface area contributed by atoms with E-state index >= 15 is 0 Å². The molecule has 0 unspecified atom stereocenters. The number of carbonyl (C=O) groups is 1. The molecule has 0 rings (SSSR count). The van der Waals surface area contributed by atoms with E-state index in [4.69, 9.17) is 0 Å². The zero-order valence-electron chi connectivity index (χ0n) is 5.63. The van der Waals surface area contributed by atoms with E-state index in [9.17, 15) is 9.90 Å². The van der Waals surface area contributed by atoms with Crippen LogP contribution in [0, 0.1) is 0 Å². The lowest BCUT2D eigenvalue weighted by atomic mass is 10.4. The Morgan fingerprint density at radius 2 is 2.25 bits per heavy atom. The van der Waals surface area contributed by atoms with Crippen LogP contribution in [0.25, 0.3) is 0 Å². The summed E-state index contributed by atoms with van der Waals surface area (Å²) in [5.41, 5.74) is 0. The van der Waals surface area contributed by atoms with Crippen LogP contribution in [-0.4, -0.2) is 5.97 Å². The van der Waals surface area contributed by atoms with Crippen molar-refractivity contribution < 1.29 is 11.3 Å². The van der Waals surface area contributed by atoms with Gasteiger partial charge in [-0.05, 0) is 13.0 Å². The third-order valence-corrected chi connectivity index (χ3v) is 0.536. The van der Waals surface area contributed by atoms with Crippen molar-refractivity contribution in [3.63, 3.8) is 0 Å². The number of carbonyl (C=O) groups excluding carboxylic acids is 1. The second-order valence-electron chi connectivity index (χ2n) is 1.20. The zero-order valence-corrected chi connectivity index (χ0v) is 4.63.